The molecule has 2 N–H and O–H groups in total. The highest BCUT2D eigenvalue weighted by molar-refractivity contribution is 7.39. The topological polar surface area (TPSA) is 52.3 Å². The van der Waals surface area contributed by atoms with Crippen molar-refractivity contribution in [2.24, 2.45) is 11.7 Å². The van der Waals surface area contributed by atoms with E-state index < -0.39 is 8.03 Å². The molecule has 2 unspecified atom stereocenters. The number of rotatable bonds is 6. The van der Waals surface area contributed by atoms with E-state index in [1.165, 1.54) is 0 Å². The summed E-state index contributed by atoms with van der Waals surface area (Å²) in [6.45, 7) is 5.02. The molecule has 2 atom stereocenters. The SMILES string of the molecule is CCO[P+](=O)CC(CC)CN. The smallest absolute Gasteiger partial charge is 0.330 e. The van der Waals surface area contributed by atoms with Gasteiger partial charge in [-0.25, -0.2) is 0 Å². The zero-order chi connectivity index (χ0) is 8.69. The van der Waals surface area contributed by atoms with Crippen LogP contribution in [0.3, 0.4) is 0 Å². The summed E-state index contributed by atoms with van der Waals surface area (Å²) in [6, 6.07) is 0. The third kappa shape index (κ3) is 5.31. The van der Waals surface area contributed by atoms with Crippen LogP contribution in [-0.2, 0) is 9.09 Å². The van der Waals surface area contributed by atoms with Crippen molar-refractivity contribution in [3.8, 4) is 0 Å². The van der Waals surface area contributed by atoms with Gasteiger partial charge in [0.05, 0.1) is 6.61 Å². The fourth-order valence-electron chi connectivity index (χ4n) is 0.778. The quantitative estimate of drug-likeness (QED) is 0.630. The van der Waals surface area contributed by atoms with Gasteiger partial charge in [-0.2, -0.15) is 0 Å². The summed E-state index contributed by atoms with van der Waals surface area (Å²) in [6.07, 6.45) is 1.58. The molecule has 0 spiro atoms. The minimum absolute atomic E-state index is 0.352. The van der Waals surface area contributed by atoms with E-state index in [1.54, 1.807) is 0 Å². The summed E-state index contributed by atoms with van der Waals surface area (Å²) in [7, 11) is -1.46. The maximum Gasteiger partial charge on any atom is 0.508 e. The summed E-state index contributed by atoms with van der Waals surface area (Å²) in [4.78, 5) is 0. The Morgan fingerprint density at radius 1 is 1.55 bits per heavy atom. The Morgan fingerprint density at radius 3 is 2.55 bits per heavy atom. The van der Waals surface area contributed by atoms with Gasteiger partial charge in [-0.3, -0.25) is 0 Å². The first-order chi connectivity index (χ1) is 5.24. The second-order valence-corrected chi connectivity index (χ2v) is 3.73. The lowest BCUT2D eigenvalue weighted by molar-refractivity contribution is 0.345. The first-order valence-electron chi connectivity index (χ1n) is 4.02. The molecule has 11 heavy (non-hydrogen) atoms. The third-order valence-electron chi connectivity index (χ3n) is 1.59. The van der Waals surface area contributed by atoms with Crippen molar-refractivity contribution in [1.29, 1.82) is 0 Å². The molecule has 0 saturated heterocycles. The lowest BCUT2D eigenvalue weighted by Crippen LogP contribution is -2.15. The van der Waals surface area contributed by atoms with E-state index in [4.69, 9.17) is 10.3 Å². The van der Waals surface area contributed by atoms with Crippen molar-refractivity contribution in [2.45, 2.75) is 20.3 Å². The fourth-order valence-corrected chi connectivity index (χ4v) is 2.00. The molecule has 0 fully saturated rings. The van der Waals surface area contributed by atoms with E-state index in [0.29, 0.717) is 25.2 Å². The molecule has 3 nitrogen and oxygen atoms in total. The van der Waals surface area contributed by atoms with Crippen molar-refractivity contribution in [1.82, 2.24) is 0 Å². The number of hydrogen-bond acceptors (Lipinski definition) is 3. The van der Waals surface area contributed by atoms with Gasteiger partial charge in [0, 0.05) is 5.92 Å². The maximum absolute atomic E-state index is 11.0. The molecule has 0 aromatic carbocycles. The molecule has 0 bridgehead atoms. The van der Waals surface area contributed by atoms with Crippen LogP contribution in [0.15, 0.2) is 0 Å². The Bertz CT molecular complexity index is 115. The van der Waals surface area contributed by atoms with Crippen LogP contribution in [-0.4, -0.2) is 19.3 Å². The van der Waals surface area contributed by atoms with Gasteiger partial charge in [-0.05, 0) is 24.5 Å². The summed E-state index contributed by atoms with van der Waals surface area (Å²) in [5.74, 6) is 0.352. The van der Waals surface area contributed by atoms with Crippen molar-refractivity contribution >= 4 is 8.03 Å². The average Bonchev–Trinajstić information content (AvgIpc) is 2.01. The van der Waals surface area contributed by atoms with E-state index in [2.05, 4.69) is 0 Å². The third-order valence-corrected chi connectivity index (χ3v) is 2.95. The average molecular weight is 178 g/mol. The Morgan fingerprint density at radius 2 is 2.18 bits per heavy atom. The molecule has 0 aromatic rings. The van der Waals surface area contributed by atoms with Crippen molar-refractivity contribution in [2.75, 3.05) is 19.3 Å². The molecule has 0 heterocycles. The Kier molecular flexibility index (Phi) is 6.73. The van der Waals surface area contributed by atoms with Gasteiger partial charge < -0.3 is 5.73 Å². The first kappa shape index (κ1) is 11.0. The standard InChI is InChI=1S/C7H17NO2P/c1-3-7(5-8)6-11(9)10-4-2/h7H,3-6,8H2,1-2H3/q+1. The minimum atomic E-state index is -1.46. The van der Waals surface area contributed by atoms with E-state index in [-0.39, 0.29) is 0 Å². The highest BCUT2D eigenvalue weighted by Crippen LogP contribution is 2.25. The van der Waals surface area contributed by atoms with Crippen LogP contribution < -0.4 is 5.73 Å². The number of hydrogen-bond donors (Lipinski definition) is 1. The fraction of sp³-hybridized carbons (Fsp3) is 1.00. The Hall–Kier alpha value is 0.0200. The second kappa shape index (κ2) is 6.71. The van der Waals surface area contributed by atoms with E-state index in [9.17, 15) is 4.57 Å². The van der Waals surface area contributed by atoms with Crippen LogP contribution in [0, 0.1) is 5.92 Å². The van der Waals surface area contributed by atoms with Gasteiger partial charge in [-0.1, -0.05) is 6.92 Å². The van der Waals surface area contributed by atoms with Gasteiger partial charge in [0.1, 0.15) is 0 Å². The van der Waals surface area contributed by atoms with E-state index >= 15 is 0 Å². The second-order valence-electron chi connectivity index (χ2n) is 2.44. The molecule has 66 valence electrons. The largest absolute Gasteiger partial charge is 0.508 e. The molecule has 0 saturated carbocycles. The lowest BCUT2D eigenvalue weighted by atomic mass is 10.1. The monoisotopic (exact) mass is 178 g/mol. The van der Waals surface area contributed by atoms with Gasteiger partial charge in [0.25, 0.3) is 0 Å². The molecule has 0 rings (SSSR count). The summed E-state index contributed by atoms with van der Waals surface area (Å²) in [5, 5.41) is 0. The van der Waals surface area contributed by atoms with Crippen LogP contribution in [0.5, 0.6) is 0 Å². The van der Waals surface area contributed by atoms with Crippen molar-refractivity contribution in [3.05, 3.63) is 0 Å². The highest BCUT2D eigenvalue weighted by atomic mass is 31.1. The molecular formula is C7H17NO2P+. The summed E-state index contributed by atoms with van der Waals surface area (Å²) < 4.78 is 16.0. The van der Waals surface area contributed by atoms with Crippen LogP contribution in [0.2, 0.25) is 0 Å². The van der Waals surface area contributed by atoms with Crippen LogP contribution in [0.25, 0.3) is 0 Å². The van der Waals surface area contributed by atoms with Crippen molar-refractivity contribution < 1.29 is 9.09 Å². The van der Waals surface area contributed by atoms with Gasteiger partial charge in [0.2, 0.25) is 0 Å². The van der Waals surface area contributed by atoms with Gasteiger partial charge in [-0.15, -0.1) is 4.52 Å². The Balaban J connectivity index is 3.54. The lowest BCUT2D eigenvalue weighted by Gasteiger charge is -2.02. The molecule has 0 aliphatic rings. The Labute approximate surface area is 69.2 Å². The normalized spacial score (nSPS) is 14.6. The highest BCUT2D eigenvalue weighted by Gasteiger charge is 2.21. The van der Waals surface area contributed by atoms with Crippen LogP contribution in [0.4, 0.5) is 0 Å². The van der Waals surface area contributed by atoms with E-state index in [1.807, 2.05) is 13.8 Å². The molecule has 4 heteroatoms. The maximum atomic E-state index is 11.0. The van der Waals surface area contributed by atoms with Crippen molar-refractivity contribution in [3.63, 3.8) is 0 Å². The van der Waals surface area contributed by atoms with Crippen LogP contribution >= 0.6 is 8.03 Å². The molecule has 0 aliphatic heterocycles. The zero-order valence-electron chi connectivity index (χ0n) is 7.25. The zero-order valence-corrected chi connectivity index (χ0v) is 8.14. The first-order valence-corrected chi connectivity index (χ1v) is 5.38. The summed E-state index contributed by atoms with van der Waals surface area (Å²) >= 11 is 0. The van der Waals surface area contributed by atoms with E-state index in [0.717, 1.165) is 6.42 Å². The predicted molar refractivity (Wildman–Crippen MR) is 46.9 cm³/mol. The molecule has 0 radical (unpaired) electrons. The molecule has 0 amide bonds. The molecular weight excluding hydrogens is 161 g/mol. The van der Waals surface area contributed by atoms with Gasteiger partial charge in [0.15, 0.2) is 6.16 Å². The summed E-state index contributed by atoms with van der Waals surface area (Å²) in [5.41, 5.74) is 5.44. The minimum Gasteiger partial charge on any atom is -0.330 e. The molecule has 0 aliphatic carbocycles. The van der Waals surface area contributed by atoms with Gasteiger partial charge >= 0.3 is 8.03 Å². The van der Waals surface area contributed by atoms with Crippen LogP contribution in [0.1, 0.15) is 20.3 Å². The number of nitrogens with two attached hydrogens (primary N) is 1. The molecule has 0 aromatic heterocycles. The predicted octanol–water partition coefficient (Wildman–Crippen LogP) is 1.75.